The number of rotatable bonds is 4. The second-order valence-corrected chi connectivity index (χ2v) is 6.59. The molecule has 4 rings (SSSR count). The summed E-state index contributed by atoms with van der Waals surface area (Å²) >= 11 is 1.53. The predicted molar refractivity (Wildman–Crippen MR) is 86.3 cm³/mol. The molecule has 0 aromatic carbocycles. The molecule has 1 saturated carbocycles. The smallest absolute Gasteiger partial charge is 0.258 e. The van der Waals surface area contributed by atoms with Crippen molar-refractivity contribution in [2.75, 3.05) is 0 Å². The fourth-order valence-corrected chi connectivity index (χ4v) is 3.81. The summed E-state index contributed by atoms with van der Waals surface area (Å²) in [5.41, 5.74) is 1.33. The van der Waals surface area contributed by atoms with Crippen LogP contribution < -0.4 is 5.56 Å². The van der Waals surface area contributed by atoms with Gasteiger partial charge in [0.05, 0.1) is 11.7 Å². The number of fused-ring (bicyclic) bond motifs is 1. The van der Waals surface area contributed by atoms with Crippen molar-refractivity contribution in [1.29, 1.82) is 0 Å². The van der Waals surface area contributed by atoms with E-state index in [1.807, 2.05) is 22.9 Å². The van der Waals surface area contributed by atoms with Crippen molar-refractivity contribution in [3.05, 3.63) is 46.5 Å². The van der Waals surface area contributed by atoms with E-state index in [0.717, 1.165) is 23.7 Å². The lowest BCUT2D eigenvalue weighted by Crippen LogP contribution is -2.15. The summed E-state index contributed by atoms with van der Waals surface area (Å²) in [6.07, 6.45) is 6.46. The van der Waals surface area contributed by atoms with Gasteiger partial charge in [0.15, 0.2) is 0 Å². The fraction of sp³-hybridized carbons (Fsp3) is 0.400. The van der Waals surface area contributed by atoms with Crippen LogP contribution in [0.2, 0.25) is 0 Å². The van der Waals surface area contributed by atoms with Crippen LogP contribution in [-0.4, -0.2) is 29.6 Å². The van der Waals surface area contributed by atoms with Crippen molar-refractivity contribution >= 4 is 17.4 Å². The third kappa shape index (κ3) is 2.86. The maximum atomic E-state index is 12.1. The minimum atomic E-state index is -0.0680. The van der Waals surface area contributed by atoms with Crippen LogP contribution in [0, 0.1) is 0 Å². The van der Waals surface area contributed by atoms with E-state index < -0.39 is 0 Å². The SMILES string of the molecule is O=c1cc(CSc2nnnn2C2CCCC2)nc2ccccn12. The van der Waals surface area contributed by atoms with Gasteiger partial charge in [0.2, 0.25) is 5.16 Å². The normalized spacial score (nSPS) is 15.5. The quantitative estimate of drug-likeness (QED) is 0.682. The van der Waals surface area contributed by atoms with Crippen LogP contribution in [0.4, 0.5) is 0 Å². The first kappa shape index (κ1) is 14.4. The molecule has 0 atom stereocenters. The first-order valence-electron chi connectivity index (χ1n) is 7.69. The maximum absolute atomic E-state index is 12.1. The van der Waals surface area contributed by atoms with Crippen LogP contribution in [0.15, 0.2) is 40.4 Å². The molecule has 1 aliphatic carbocycles. The van der Waals surface area contributed by atoms with Gasteiger partial charge >= 0.3 is 0 Å². The number of aromatic nitrogens is 6. The average Bonchev–Trinajstić information content (AvgIpc) is 3.24. The van der Waals surface area contributed by atoms with E-state index >= 15 is 0 Å². The molecule has 0 unspecified atom stereocenters. The first-order valence-corrected chi connectivity index (χ1v) is 8.68. The first-order chi connectivity index (χ1) is 11.3. The zero-order valence-electron chi connectivity index (χ0n) is 12.5. The van der Waals surface area contributed by atoms with E-state index in [4.69, 9.17) is 0 Å². The van der Waals surface area contributed by atoms with E-state index in [9.17, 15) is 4.79 Å². The number of hydrogen-bond acceptors (Lipinski definition) is 6. The van der Waals surface area contributed by atoms with Crippen molar-refractivity contribution in [2.45, 2.75) is 42.6 Å². The Balaban J connectivity index is 1.56. The van der Waals surface area contributed by atoms with E-state index in [1.54, 1.807) is 12.3 Å². The molecule has 118 valence electrons. The number of tetrazole rings is 1. The summed E-state index contributed by atoms with van der Waals surface area (Å²) in [4.78, 5) is 16.6. The van der Waals surface area contributed by atoms with Gasteiger partial charge in [-0.15, -0.1) is 5.10 Å². The Kier molecular flexibility index (Phi) is 3.82. The minimum Gasteiger partial charge on any atom is -0.269 e. The van der Waals surface area contributed by atoms with Crippen molar-refractivity contribution in [3.63, 3.8) is 0 Å². The second kappa shape index (κ2) is 6.11. The average molecular weight is 328 g/mol. The molecule has 3 aromatic rings. The molecule has 1 aliphatic rings. The third-order valence-electron chi connectivity index (χ3n) is 4.11. The zero-order valence-corrected chi connectivity index (χ0v) is 13.3. The van der Waals surface area contributed by atoms with Gasteiger partial charge in [0, 0.05) is 18.0 Å². The van der Waals surface area contributed by atoms with E-state index in [0.29, 0.717) is 17.4 Å². The lowest BCUT2D eigenvalue weighted by Gasteiger charge is -2.10. The molecule has 3 heterocycles. The van der Waals surface area contributed by atoms with E-state index in [2.05, 4.69) is 20.5 Å². The molecular weight excluding hydrogens is 312 g/mol. The summed E-state index contributed by atoms with van der Waals surface area (Å²) in [6.45, 7) is 0. The van der Waals surface area contributed by atoms with Gasteiger partial charge < -0.3 is 0 Å². The third-order valence-corrected chi connectivity index (χ3v) is 5.07. The number of pyridine rings is 1. The Morgan fingerprint density at radius 2 is 2.13 bits per heavy atom. The van der Waals surface area contributed by atoms with Crippen molar-refractivity contribution < 1.29 is 0 Å². The number of nitrogens with zero attached hydrogens (tertiary/aromatic N) is 6. The number of thioether (sulfide) groups is 1. The van der Waals surface area contributed by atoms with Gasteiger partial charge in [-0.05, 0) is 35.4 Å². The van der Waals surface area contributed by atoms with Crippen LogP contribution in [0.5, 0.6) is 0 Å². The highest BCUT2D eigenvalue weighted by atomic mass is 32.2. The van der Waals surface area contributed by atoms with Gasteiger partial charge in [-0.25, -0.2) is 9.67 Å². The molecule has 8 heteroatoms. The van der Waals surface area contributed by atoms with E-state index in [-0.39, 0.29) is 5.56 Å². The summed E-state index contributed by atoms with van der Waals surface area (Å²) in [7, 11) is 0. The zero-order chi connectivity index (χ0) is 15.6. The molecule has 0 spiro atoms. The highest BCUT2D eigenvalue weighted by molar-refractivity contribution is 7.98. The summed E-state index contributed by atoms with van der Waals surface area (Å²) in [5.74, 6) is 0.577. The number of hydrogen-bond donors (Lipinski definition) is 0. The largest absolute Gasteiger partial charge is 0.269 e. The Morgan fingerprint density at radius 3 is 3.00 bits per heavy atom. The lowest BCUT2D eigenvalue weighted by atomic mass is 10.3. The lowest BCUT2D eigenvalue weighted by molar-refractivity contribution is 0.423. The van der Waals surface area contributed by atoms with Gasteiger partial charge in [0.1, 0.15) is 5.65 Å². The molecule has 0 radical (unpaired) electrons. The monoisotopic (exact) mass is 328 g/mol. The van der Waals surface area contributed by atoms with Crippen LogP contribution in [0.1, 0.15) is 37.4 Å². The highest BCUT2D eigenvalue weighted by Gasteiger charge is 2.21. The Labute approximate surface area is 136 Å². The minimum absolute atomic E-state index is 0.0680. The molecule has 0 bridgehead atoms. The van der Waals surface area contributed by atoms with Gasteiger partial charge in [-0.3, -0.25) is 9.20 Å². The van der Waals surface area contributed by atoms with Crippen LogP contribution in [-0.2, 0) is 5.75 Å². The topological polar surface area (TPSA) is 78.0 Å². The molecule has 7 nitrogen and oxygen atoms in total. The van der Waals surface area contributed by atoms with Crippen LogP contribution in [0.3, 0.4) is 0 Å². The van der Waals surface area contributed by atoms with Crippen LogP contribution >= 0.6 is 11.8 Å². The predicted octanol–water partition coefficient (Wildman–Crippen LogP) is 2.09. The molecule has 0 saturated heterocycles. The molecule has 0 aliphatic heterocycles. The molecule has 3 aromatic heterocycles. The van der Waals surface area contributed by atoms with Crippen molar-refractivity contribution in [2.24, 2.45) is 0 Å². The second-order valence-electron chi connectivity index (χ2n) is 5.65. The van der Waals surface area contributed by atoms with Crippen molar-refractivity contribution in [1.82, 2.24) is 29.6 Å². The highest BCUT2D eigenvalue weighted by Crippen LogP contribution is 2.31. The Bertz CT molecular complexity index is 883. The van der Waals surface area contributed by atoms with Gasteiger partial charge in [-0.2, -0.15) is 0 Å². The van der Waals surface area contributed by atoms with Gasteiger partial charge in [-0.1, -0.05) is 30.7 Å². The van der Waals surface area contributed by atoms with Crippen molar-refractivity contribution in [3.8, 4) is 0 Å². The Morgan fingerprint density at radius 1 is 1.26 bits per heavy atom. The summed E-state index contributed by atoms with van der Waals surface area (Å²) < 4.78 is 3.46. The maximum Gasteiger partial charge on any atom is 0.258 e. The summed E-state index contributed by atoms with van der Waals surface area (Å²) in [5, 5.41) is 12.8. The standard InChI is InChI=1S/C15H16N6OS/c22-14-9-11(16-13-7-3-4-8-20(13)14)10-23-15-17-18-19-21(15)12-5-1-2-6-12/h3-4,7-9,12H,1-2,5-6,10H2. The summed E-state index contributed by atoms with van der Waals surface area (Å²) in [6, 6.07) is 7.50. The van der Waals surface area contributed by atoms with E-state index in [1.165, 1.54) is 29.0 Å². The fourth-order valence-electron chi connectivity index (χ4n) is 2.97. The molecule has 23 heavy (non-hydrogen) atoms. The Hall–Kier alpha value is -2.22. The molecular formula is C15H16N6OS. The molecule has 1 fully saturated rings. The molecule has 0 amide bonds. The molecule has 0 N–H and O–H groups in total. The van der Waals surface area contributed by atoms with Crippen LogP contribution in [0.25, 0.3) is 5.65 Å². The van der Waals surface area contributed by atoms with Gasteiger partial charge in [0.25, 0.3) is 5.56 Å².